The molecule has 2 heterocycles. The molecule has 0 amide bonds. The van der Waals surface area contributed by atoms with E-state index in [0.717, 1.165) is 11.3 Å². The Hall–Kier alpha value is -2.24. The number of pyridine rings is 1. The summed E-state index contributed by atoms with van der Waals surface area (Å²) >= 11 is 0. The van der Waals surface area contributed by atoms with Crippen LogP contribution in [0.15, 0.2) is 24.5 Å². The van der Waals surface area contributed by atoms with E-state index in [4.69, 9.17) is 5.11 Å². The van der Waals surface area contributed by atoms with Crippen LogP contribution in [0.25, 0.3) is 11.2 Å². The van der Waals surface area contributed by atoms with Gasteiger partial charge in [0.05, 0.1) is 0 Å². The van der Waals surface area contributed by atoms with E-state index in [-0.39, 0.29) is 6.42 Å². The predicted octanol–water partition coefficient (Wildman–Crippen LogP) is 1.33. The Labute approximate surface area is 104 Å². The molecule has 0 saturated heterocycles. The number of carboxylic acid groups (broad SMARTS) is 1. The molecule has 6 nitrogen and oxygen atoms in total. The fraction of sp³-hybridized carbons (Fsp3) is 0.333. The number of carbonyl (C=O) groups is 1. The highest BCUT2D eigenvalue weighted by Crippen LogP contribution is 2.13. The summed E-state index contributed by atoms with van der Waals surface area (Å²) < 4.78 is 0. The Morgan fingerprint density at radius 3 is 2.89 bits per heavy atom. The van der Waals surface area contributed by atoms with Crippen LogP contribution >= 0.6 is 0 Å². The van der Waals surface area contributed by atoms with Gasteiger partial charge in [0, 0.05) is 32.4 Å². The molecule has 0 bridgehead atoms. The minimum atomic E-state index is -0.777. The normalized spacial score (nSPS) is 10.5. The van der Waals surface area contributed by atoms with Crippen molar-refractivity contribution in [1.82, 2.24) is 15.0 Å². The van der Waals surface area contributed by atoms with Crippen molar-refractivity contribution in [3.8, 4) is 0 Å². The van der Waals surface area contributed by atoms with Crippen LogP contribution in [-0.4, -0.2) is 39.6 Å². The average molecular weight is 246 g/mol. The molecule has 0 saturated carbocycles. The summed E-state index contributed by atoms with van der Waals surface area (Å²) in [5.74, 6) is -0.00544. The van der Waals surface area contributed by atoms with Crippen molar-refractivity contribution in [3.63, 3.8) is 0 Å². The van der Waals surface area contributed by atoms with E-state index in [1.807, 2.05) is 24.1 Å². The van der Waals surface area contributed by atoms with Gasteiger partial charge in [0.15, 0.2) is 5.65 Å². The van der Waals surface area contributed by atoms with Crippen LogP contribution in [0.1, 0.15) is 12.8 Å². The summed E-state index contributed by atoms with van der Waals surface area (Å²) in [6.07, 6.45) is 3.98. The molecule has 1 N–H and O–H groups in total. The maximum atomic E-state index is 10.4. The molecule has 0 radical (unpaired) electrons. The number of hydrogen-bond donors (Lipinski definition) is 1. The third kappa shape index (κ3) is 2.91. The van der Waals surface area contributed by atoms with Crippen LogP contribution in [0.4, 0.5) is 5.82 Å². The first kappa shape index (κ1) is 12.2. The fourth-order valence-corrected chi connectivity index (χ4v) is 1.64. The number of nitrogens with zero attached hydrogens (tertiary/aromatic N) is 4. The van der Waals surface area contributed by atoms with Crippen molar-refractivity contribution in [3.05, 3.63) is 24.5 Å². The summed E-state index contributed by atoms with van der Waals surface area (Å²) in [6, 6.07) is 3.72. The molecule has 0 spiro atoms. The second-order valence-electron chi connectivity index (χ2n) is 3.99. The van der Waals surface area contributed by atoms with E-state index in [2.05, 4.69) is 15.0 Å². The molecule has 18 heavy (non-hydrogen) atoms. The van der Waals surface area contributed by atoms with Gasteiger partial charge in [-0.25, -0.2) is 9.97 Å². The Balaban J connectivity index is 2.08. The second-order valence-corrected chi connectivity index (χ2v) is 3.99. The maximum Gasteiger partial charge on any atom is 0.303 e. The SMILES string of the molecule is CN(CCCC(=O)O)c1ccc2nccnc2n1. The zero-order valence-corrected chi connectivity index (χ0v) is 10.1. The van der Waals surface area contributed by atoms with E-state index in [1.54, 1.807) is 12.4 Å². The third-order valence-electron chi connectivity index (χ3n) is 2.59. The van der Waals surface area contributed by atoms with Crippen molar-refractivity contribution < 1.29 is 9.90 Å². The molecular weight excluding hydrogens is 232 g/mol. The summed E-state index contributed by atoms with van der Waals surface area (Å²) in [5, 5.41) is 8.59. The molecule has 2 aromatic heterocycles. The zero-order valence-electron chi connectivity index (χ0n) is 10.1. The van der Waals surface area contributed by atoms with Crippen LogP contribution in [-0.2, 0) is 4.79 Å². The lowest BCUT2D eigenvalue weighted by Gasteiger charge is -2.17. The number of carboxylic acids is 1. The molecule has 2 rings (SSSR count). The molecular formula is C12H14N4O2. The average Bonchev–Trinajstić information content (AvgIpc) is 2.37. The standard InChI is InChI=1S/C12H14N4O2/c1-16(8-2-3-11(17)18)10-5-4-9-12(15-10)14-7-6-13-9/h4-7H,2-3,8H2,1H3,(H,17,18). The quantitative estimate of drug-likeness (QED) is 0.857. The highest BCUT2D eigenvalue weighted by atomic mass is 16.4. The molecule has 0 aliphatic heterocycles. The number of fused-ring (bicyclic) bond motifs is 1. The lowest BCUT2D eigenvalue weighted by Crippen LogP contribution is -2.20. The van der Waals surface area contributed by atoms with Crippen LogP contribution in [0.3, 0.4) is 0 Å². The lowest BCUT2D eigenvalue weighted by molar-refractivity contribution is -0.137. The number of aromatic nitrogens is 3. The maximum absolute atomic E-state index is 10.4. The van der Waals surface area contributed by atoms with Crippen molar-refractivity contribution in [2.45, 2.75) is 12.8 Å². The van der Waals surface area contributed by atoms with Gasteiger partial charge in [-0.15, -0.1) is 0 Å². The van der Waals surface area contributed by atoms with E-state index in [9.17, 15) is 4.79 Å². The first-order chi connectivity index (χ1) is 8.66. The second kappa shape index (κ2) is 5.39. The minimum Gasteiger partial charge on any atom is -0.481 e. The van der Waals surface area contributed by atoms with Crippen LogP contribution in [0, 0.1) is 0 Å². The molecule has 0 aromatic carbocycles. The minimum absolute atomic E-state index is 0.164. The van der Waals surface area contributed by atoms with Crippen molar-refractivity contribution >= 4 is 23.0 Å². The van der Waals surface area contributed by atoms with E-state index < -0.39 is 5.97 Å². The summed E-state index contributed by atoms with van der Waals surface area (Å²) in [6.45, 7) is 0.644. The largest absolute Gasteiger partial charge is 0.481 e. The Bertz CT molecular complexity index is 559. The van der Waals surface area contributed by atoms with Crippen LogP contribution in [0.2, 0.25) is 0 Å². The van der Waals surface area contributed by atoms with E-state index in [0.29, 0.717) is 18.6 Å². The molecule has 0 unspecified atom stereocenters. The van der Waals surface area contributed by atoms with Crippen molar-refractivity contribution in [2.75, 3.05) is 18.5 Å². The van der Waals surface area contributed by atoms with Gasteiger partial charge in [0.1, 0.15) is 11.3 Å². The van der Waals surface area contributed by atoms with Gasteiger partial charge in [-0.1, -0.05) is 0 Å². The van der Waals surface area contributed by atoms with Gasteiger partial charge in [0.2, 0.25) is 0 Å². The molecule has 0 aliphatic rings. The van der Waals surface area contributed by atoms with Gasteiger partial charge < -0.3 is 10.0 Å². The van der Waals surface area contributed by atoms with Crippen molar-refractivity contribution in [1.29, 1.82) is 0 Å². The summed E-state index contributed by atoms with van der Waals surface area (Å²) in [4.78, 5) is 25.0. The fourth-order valence-electron chi connectivity index (χ4n) is 1.64. The summed E-state index contributed by atoms with van der Waals surface area (Å²) in [5.41, 5.74) is 1.35. The summed E-state index contributed by atoms with van der Waals surface area (Å²) in [7, 11) is 1.88. The van der Waals surface area contributed by atoms with Crippen LogP contribution in [0.5, 0.6) is 0 Å². The lowest BCUT2D eigenvalue weighted by atomic mass is 10.3. The number of aliphatic carboxylic acids is 1. The number of rotatable bonds is 5. The molecule has 0 fully saturated rings. The Morgan fingerprint density at radius 2 is 2.11 bits per heavy atom. The molecule has 6 heteroatoms. The number of hydrogen-bond acceptors (Lipinski definition) is 5. The first-order valence-electron chi connectivity index (χ1n) is 5.67. The van der Waals surface area contributed by atoms with Gasteiger partial charge in [-0.05, 0) is 18.6 Å². The van der Waals surface area contributed by atoms with E-state index >= 15 is 0 Å². The Morgan fingerprint density at radius 1 is 1.33 bits per heavy atom. The monoisotopic (exact) mass is 246 g/mol. The number of anilines is 1. The predicted molar refractivity (Wildman–Crippen MR) is 67.5 cm³/mol. The smallest absolute Gasteiger partial charge is 0.303 e. The molecule has 0 aliphatic carbocycles. The highest BCUT2D eigenvalue weighted by molar-refractivity contribution is 5.71. The van der Waals surface area contributed by atoms with Gasteiger partial charge in [0.25, 0.3) is 0 Å². The molecule has 2 aromatic rings. The van der Waals surface area contributed by atoms with Gasteiger partial charge in [-0.3, -0.25) is 9.78 Å². The topological polar surface area (TPSA) is 79.2 Å². The van der Waals surface area contributed by atoms with Crippen LogP contribution < -0.4 is 4.90 Å². The molecule has 94 valence electrons. The van der Waals surface area contributed by atoms with Gasteiger partial charge in [-0.2, -0.15) is 0 Å². The highest BCUT2D eigenvalue weighted by Gasteiger charge is 2.05. The molecule has 0 atom stereocenters. The van der Waals surface area contributed by atoms with Gasteiger partial charge >= 0.3 is 5.97 Å². The Kier molecular flexibility index (Phi) is 3.66. The third-order valence-corrected chi connectivity index (χ3v) is 2.59. The van der Waals surface area contributed by atoms with E-state index in [1.165, 1.54) is 0 Å². The first-order valence-corrected chi connectivity index (χ1v) is 5.67. The van der Waals surface area contributed by atoms with Crippen molar-refractivity contribution in [2.24, 2.45) is 0 Å². The zero-order chi connectivity index (χ0) is 13.0.